The molecule has 0 spiro atoms. The van der Waals surface area contributed by atoms with Crippen LogP contribution in [0.4, 0.5) is 4.39 Å². The van der Waals surface area contributed by atoms with Gasteiger partial charge >= 0.3 is 0 Å². The van der Waals surface area contributed by atoms with Crippen LogP contribution >= 0.6 is 0 Å². The monoisotopic (exact) mass is 200 g/mol. The molecule has 2 aliphatic rings. The largest absolute Gasteiger partial charge is 0.299 e. The highest BCUT2D eigenvalue weighted by Gasteiger charge is 2.33. The molecule has 0 bridgehead atoms. The lowest BCUT2D eigenvalue weighted by Crippen LogP contribution is -2.37. The van der Waals surface area contributed by atoms with Gasteiger partial charge in [0.1, 0.15) is 6.17 Å². The lowest BCUT2D eigenvalue weighted by molar-refractivity contribution is 0.201. The van der Waals surface area contributed by atoms with Crippen molar-refractivity contribution >= 4 is 0 Å². The predicted octanol–water partition coefficient (Wildman–Crippen LogP) is 1.51. The van der Waals surface area contributed by atoms with Gasteiger partial charge in [0.2, 0.25) is 0 Å². The third kappa shape index (κ3) is 2.09. The van der Waals surface area contributed by atoms with Gasteiger partial charge in [0, 0.05) is 38.3 Å². The molecule has 2 nitrogen and oxygen atoms in total. The highest BCUT2D eigenvalue weighted by Crippen LogP contribution is 2.22. The summed E-state index contributed by atoms with van der Waals surface area (Å²) in [7, 11) is 0. The summed E-state index contributed by atoms with van der Waals surface area (Å²) in [5.41, 5.74) is 0. The van der Waals surface area contributed by atoms with E-state index in [1.54, 1.807) is 0 Å². The second-order valence-corrected chi connectivity index (χ2v) is 4.91. The number of rotatable bonds is 2. The topological polar surface area (TPSA) is 6.48 Å². The summed E-state index contributed by atoms with van der Waals surface area (Å²) in [5, 5.41) is 0. The summed E-state index contributed by atoms with van der Waals surface area (Å²) in [5.74, 6) is 0. The number of likely N-dealkylation sites (tertiary alicyclic amines) is 2. The van der Waals surface area contributed by atoms with Gasteiger partial charge in [-0.1, -0.05) is 0 Å². The Bertz CT molecular complexity index is 196. The summed E-state index contributed by atoms with van der Waals surface area (Å²) in [4.78, 5) is 4.84. The second kappa shape index (κ2) is 4.15. The van der Waals surface area contributed by atoms with Crippen LogP contribution in [0.3, 0.4) is 0 Å². The standard InChI is InChI=1S/C11H21FN2/c1-9(2)13-6-4-11(8-13)14-5-3-10(12)7-14/h9-11H,3-8H2,1-2H3/t10-,11-/m1/s1. The van der Waals surface area contributed by atoms with E-state index in [4.69, 9.17) is 0 Å². The fourth-order valence-corrected chi connectivity index (χ4v) is 2.61. The minimum absolute atomic E-state index is 0.567. The van der Waals surface area contributed by atoms with Crippen molar-refractivity contribution in [1.29, 1.82) is 0 Å². The summed E-state index contributed by atoms with van der Waals surface area (Å²) in [6, 6.07) is 1.27. The fourth-order valence-electron chi connectivity index (χ4n) is 2.61. The first kappa shape index (κ1) is 10.4. The Morgan fingerprint density at radius 1 is 1.14 bits per heavy atom. The van der Waals surface area contributed by atoms with Crippen LogP contribution < -0.4 is 0 Å². The van der Waals surface area contributed by atoms with E-state index >= 15 is 0 Å². The third-order valence-corrected chi connectivity index (χ3v) is 3.60. The molecule has 2 fully saturated rings. The predicted molar refractivity (Wildman–Crippen MR) is 56.2 cm³/mol. The summed E-state index contributed by atoms with van der Waals surface area (Å²) in [6.45, 7) is 8.46. The van der Waals surface area contributed by atoms with Gasteiger partial charge in [-0.3, -0.25) is 9.80 Å². The zero-order valence-corrected chi connectivity index (χ0v) is 9.25. The zero-order chi connectivity index (χ0) is 10.1. The fraction of sp³-hybridized carbons (Fsp3) is 1.00. The number of hydrogen-bond donors (Lipinski definition) is 0. The van der Waals surface area contributed by atoms with E-state index in [0.29, 0.717) is 18.6 Å². The lowest BCUT2D eigenvalue weighted by atomic mass is 10.2. The highest BCUT2D eigenvalue weighted by molar-refractivity contribution is 4.88. The number of hydrogen-bond acceptors (Lipinski definition) is 2. The van der Waals surface area contributed by atoms with Crippen molar-refractivity contribution in [2.75, 3.05) is 26.2 Å². The Morgan fingerprint density at radius 2 is 1.93 bits per heavy atom. The van der Waals surface area contributed by atoms with Crippen molar-refractivity contribution in [2.24, 2.45) is 0 Å². The van der Waals surface area contributed by atoms with Crippen molar-refractivity contribution in [3.05, 3.63) is 0 Å². The van der Waals surface area contributed by atoms with Gasteiger partial charge in [-0.15, -0.1) is 0 Å². The Labute approximate surface area is 86.1 Å². The number of halogens is 1. The van der Waals surface area contributed by atoms with Gasteiger partial charge in [-0.25, -0.2) is 4.39 Å². The van der Waals surface area contributed by atoms with E-state index in [1.165, 1.54) is 13.0 Å². The molecule has 2 atom stereocenters. The van der Waals surface area contributed by atoms with Crippen molar-refractivity contribution in [2.45, 2.75) is 44.9 Å². The van der Waals surface area contributed by atoms with Crippen molar-refractivity contribution in [3.8, 4) is 0 Å². The van der Waals surface area contributed by atoms with Crippen LogP contribution in [0.5, 0.6) is 0 Å². The molecule has 0 amide bonds. The Balaban J connectivity index is 1.83. The Kier molecular flexibility index (Phi) is 3.07. The molecule has 0 saturated carbocycles. The SMILES string of the molecule is CC(C)N1CC[C@@H](N2CC[C@@H](F)C2)C1. The molecule has 2 heterocycles. The molecule has 0 unspecified atom stereocenters. The van der Waals surface area contributed by atoms with Gasteiger partial charge in [0.05, 0.1) is 0 Å². The molecular formula is C11H21FN2. The quantitative estimate of drug-likeness (QED) is 0.666. The number of nitrogens with zero attached hydrogens (tertiary/aromatic N) is 2. The normalized spacial score (nSPS) is 36.0. The average Bonchev–Trinajstić information content (AvgIpc) is 2.70. The molecule has 82 valence electrons. The van der Waals surface area contributed by atoms with E-state index in [0.717, 1.165) is 19.5 Å². The summed E-state index contributed by atoms with van der Waals surface area (Å²) in [6.07, 6.45) is 1.41. The van der Waals surface area contributed by atoms with Crippen LogP contribution in [0.2, 0.25) is 0 Å². The Hall–Kier alpha value is -0.150. The maximum Gasteiger partial charge on any atom is 0.114 e. The minimum Gasteiger partial charge on any atom is -0.299 e. The maximum absolute atomic E-state index is 13.0. The molecule has 3 heteroatoms. The highest BCUT2D eigenvalue weighted by atomic mass is 19.1. The van der Waals surface area contributed by atoms with Gasteiger partial charge in [-0.05, 0) is 26.7 Å². The third-order valence-electron chi connectivity index (χ3n) is 3.60. The van der Waals surface area contributed by atoms with Crippen molar-refractivity contribution < 1.29 is 4.39 Å². The van der Waals surface area contributed by atoms with Gasteiger partial charge in [0.25, 0.3) is 0 Å². The first-order valence-electron chi connectivity index (χ1n) is 5.79. The molecule has 0 aromatic heterocycles. The summed E-state index contributed by atoms with van der Waals surface area (Å²) >= 11 is 0. The van der Waals surface area contributed by atoms with Gasteiger partial charge in [0.15, 0.2) is 0 Å². The smallest absolute Gasteiger partial charge is 0.114 e. The summed E-state index contributed by atoms with van der Waals surface area (Å²) < 4.78 is 13.0. The molecule has 0 aromatic rings. The lowest BCUT2D eigenvalue weighted by Gasteiger charge is -2.25. The maximum atomic E-state index is 13.0. The molecule has 0 radical (unpaired) electrons. The van der Waals surface area contributed by atoms with Crippen LogP contribution in [0.25, 0.3) is 0 Å². The van der Waals surface area contributed by atoms with E-state index < -0.39 is 6.17 Å². The van der Waals surface area contributed by atoms with Gasteiger partial charge in [-0.2, -0.15) is 0 Å². The van der Waals surface area contributed by atoms with Crippen LogP contribution in [0.1, 0.15) is 26.7 Å². The zero-order valence-electron chi connectivity index (χ0n) is 9.25. The van der Waals surface area contributed by atoms with E-state index in [1.807, 2.05) is 0 Å². The minimum atomic E-state index is -0.567. The van der Waals surface area contributed by atoms with Crippen molar-refractivity contribution in [1.82, 2.24) is 9.80 Å². The molecule has 2 saturated heterocycles. The van der Waals surface area contributed by atoms with Crippen LogP contribution in [-0.2, 0) is 0 Å². The van der Waals surface area contributed by atoms with Gasteiger partial charge < -0.3 is 0 Å². The first-order valence-corrected chi connectivity index (χ1v) is 5.79. The van der Waals surface area contributed by atoms with E-state index in [9.17, 15) is 4.39 Å². The Morgan fingerprint density at radius 3 is 2.43 bits per heavy atom. The molecule has 0 N–H and O–H groups in total. The van der Waals surface area contributed by atoms with E-state index in [2.05, 4.69) is 23.6 Å². The average molecular weight is 200 g/mol. The molecule has 14 heavy (non-hydrogen) atoms. The van der Waals surface area contributed by atoms with Crippen LogP contribution in [0.15, 0.2) is 0 Å². The second-order valence-electron chi connectivity index (χ2n) is 4.91. The van der Waals surface area contributed by atoms with E-state index in [-0.39, 0.29) is 0 Å². The molecule has 2 rings (SSSR count). The molecular weight excluding hydrogens is 179 g/mol. The molecule has 2 aliphatic heterocycles. The van der Waals surface area contributed by atoms with Crippen LogP contribution in [-0.4, -0.2) is 54.2 Å². The van der Waals surface area contributed by atoms with Crippen molar-refractivity contribution in [3.63, 3.8) is 0 Å². The number of alkyl halides is 1. The first-order chi connectivity index (χ1) is 6.66. The van der Waals surface area contributed by atoms with Crippen LogP contribution in [0, 0.1) is 0 Å². The molecule has 0 aromatic carbocycles. The molecule has 0 aliphatic carbocycles.